The molecule has 5 heteroatoms. The fourth-order valence-corrected chi connectivity index (χ4v) is 2.84. The van der Waals surface area contributed by atoms with E-state index in [1.54, 1.807) is 6.07 Å². The van der Waals surface area contributed by atoms with E-state index in [9.17, 15) is 5.11 Å². The van der Waals surface area contributed by atoms with E-state index >= 15 is 0 Å². The Balaban J connectivity index is 2.02. The molecule has 1 fully saturated rings. The molecule has 0 amide bonds. The summed E-state index contributed by atoms with van der Waals surface area (Å²) in [5.41, 5.74) is 6.41. The molecule has 118 valence electrons. The molecule has 1 aromatic rings. The summed E-state index contributed by atoms with van der Waals surface area (Å²) in [7, 11) is 0. The molecule has 5 nitrogen and oxygen atoms in total. The molecule has 0 aromatic carbocycles. The van der Waals surface area contributed by atoms with Gasteiger partial charge in [-0.25, -0.2) is 0 Å². The first-order valence-electron chi connectivity index (χ1n) is 7.83. The minimum Gasteiger partial charge on any atom is -0.473 e. The van der Waals surface area contributed by atoms with Crippen LogP contribution < -0.4 is 15.8 Å². The minimum atomic E-state index is -0.0135. The lowest BCUT2D eigenvalue weighted by Gasteiger charge is -2.35. The van der Waals surface area contributed by atoms with Gasteiger partial charge >= 0.3 is 0 Å². The molecule has 1 aromatic heterocycles. The zero-order valence-corrected chi connectivity index (χ0v) is 13.1. The molecular weight excluding hydrogens is 266 g/mol. The van der Waals surface area contributed by atoms with Crippen LogP contribution >= 0.6 is 0 Å². The highest BCUT2D eigenvalue weighted by molar-refractivity contribution is 5.53. The number of nitrogen functional groups attached to an aromatic ring is 1. The van der Waals surface area contributed by atoms with E-state index in [0.29, 0.717) is 11.6 Å². The Morgan fingerprint density at radius 1 is 1.33 bits per heavy atom. The van der Waals surface area contributed by atoms with Crippen molar-refractivity contribution in [2.24, 2.45) is 5.41 Å². The zero-order chi connectivity index (χ0) is 15.3. The van der Waals surface area contributed by atoms with Gasteiger partial charge < -0.3 is 20.9 Å². The Bertz CT molecular complexity index is 457. The summed E-state index contributed by atoms with van der Waals surface area (Å²) in [5.74, 6) is 1.22. The average molecular weight is 293 g/mol. The SMILES string of the molecule is CC(C)Oc1nc(NCC2(CO)CCCCC2)ccc1N. The number of pyridine rings is 1. The van der Waals surface area contributed by atoms with Gasteiger partial charge in [-0.3, -0.25) is 0 Å². The van der Waals surface area contributed by atoms with E-state index in [0.717, 1.165) is 25.2 Å². The lowest BCUT2D eigenvalue weighted by atomic mass is 9.74. The average Bonchev–Trinajstić information content (AvgIpc) is 2.48. The topological polar surface area (TPSA) is 80.4 Å². The molecule has 1 aliphatic rings. The fourth-order valence-electron chi connectivity index (χ4n) is 2.84. The number of nitrogens with zero attached hydrogens (tertiary/aromatic N) is 1. The largest absolute Gasteiger partial charge is 0.473 e. The van der Waals surface area contributed by atoms with Crippen LogP contribution in [-0.4, -0.2) is 29.3 Å². The Labute approximate surface area is 126 Å². The van der Waals surface area contributed by atoms with Gasteiger partial charge in [-0.05, 0) is 38.8 Å². The van der Waals surface area contributed by atoms with Gasteiger partial charge in [0.15, 0.2) is 0 Å². The third kappa shape index (κ3) is 4.24. The van der Waals surface area contributed by atoms with E-state index in [1.165, 1.54) is 19.3 Å². The first-order chi connectivity index (χ1) is 10.0. The first kappa shape index (κ1) is 15.9. The molecule has 0 bridgehead atoms. The molecule has 1 saturated carbocycles. The predicted molar refractivity (Wildman–Crippen MR) is 85.5 cm³/mol. The van der Waals surface area contributed by atoms with Crippen molar-refractivity contribution in [1.29, 1.82) is 0 Å². The number of ether oxygens (including phenoxy) is 1. The lowest BCUT2D eigenvalue weighted by molar-refractivity contribution is 0.0943. The van der Waals surface area contributed by atoms with E-state index in [1.807, 2.05) is 19.9 Å². The molecule has 2 rings (SSSR count). The maximum Gasteiger partial charge on any atom is 0.239 e. The maximum atomic E-state index is 9.73. The van der Waals surface area contributed by atoms with Gasteiger partial charge in [-0.15, -0.1) is 0 Å². The van der Waals surface area contributed by atoms with Crippen LogP contribution in [0.2, 0.25) is 0 Å². The molecular formula is C16H27N3O2. The van der Waals surface area contributed by atoms with Gasteiger partial charge in [0.25, 0.3) is 0 Å². The van der Waals surface area contributed by atoms with Crippen LogP contribution in [-0.2, 0) is 0 Å². The Hall–Kier alpha value is -1.49. The minimum absolute atomic E-state index is 0.0135. The molecule has 0 unspecified atom stereocenters. The normalized spacial score (nSPS) is 17.7. The monoisotopic (exact) mass is 293 g/mol. The highest BCUT2D eigenvalue weighted by Crippen LogP contribution is 2.36. The third-order valence-electron chi connectivity index (χ3n) is 4.13. The van der Waals surface area contributed by atoms with Gasteiger partial charge in [-0.1, -0.05) is 19.3 Å². The number of nitrogens with two attached hydrogens (primary N) is 1. The molecule has 0 saturated heterocycles. The summed E-state index contributed by atoms with van der Waals surface area (Å²) >= 11 is 0. The van der Waals surface area contributed by atoms with Crippen LogP contribution in [0.3, 0.4) is 0 Å². The number of nitrogens with one attached hydrogen (secondary N) is 1. The second-order valence-corrected chi connectivity index (χ2v) is 6.33. The van der Waals surface area contributed by atoms with Crippen LogP contribution in [0.4, 0.5) is 11.5 Å². The Morgan fingerprint density at radius 3 is 2.67 bits per heavy atom. The van der Waals surface area contributed by atoms with E-state index in [2.05, 4.69) is 10.3 Å². The molecule has 0 aliphatic heterocycles. The van der Waals surface area contributed by atoms with Crippen molar-refractivity contribution in [2.75, 3.05) is 24.2 Å². The van der Waals surface area contributed by atoms with Gasteiger partial charge in [0.05, 0.1) is 18.4 Å². The van der Waals surface area contributed by atoms with Crippen LogP contribution in [0, 0.1) is 5.41 Å². The summed E-state index contributed by atoms with van der Waals surface area (Å²) < 4.78 is 5.60. The molecule has 0 radical (unpaired) electrons. The number of aliphatic hydroxyl groups is 1. The molecule has 4 N–H and O–H groups in total. The van der Waals surface area contributed by atoms with Crippen molar-refractivity contribution >= 4 is 11.5 Å². The van der Waals surface area contributed by atoms with Gasteiger partial charge in [0.1, 0.15) is 5.82 Å². The summed E-state index contributed by atoms with van der Waals surface area (Å²) in [6, 6.07) is 3.66. The van der Waals surface area contributed by atoms with Gasteiger partial charge in [0, 0.05) is 12.0 Å². The summed E-state index contributed by atoms with van der Waals surface area (Å²) in [4.78, 5) is 4.42. The van der Waals surface area contributed by atoms with E-state index in [4.69, 9.17) is 10.5 Å². The summed E-state index contributed by atoms with van der Waals surface area (Å²) in [5, 5.41) is 13.1. The molecule has 0 spiro atoms. The number of anilines is 2. The fraction of sp³-hybridized carbons (Fsp3) is 0.688. The van der Waals surface area contributed by atoms with E-state index in [-0.39, 0.29) is 18.1 Å². The van der Waals surface area contributed by atoms with Crippen LogP contribution in [0.15, 0.2) is 12.1 Å². The van der Waals surface area contributed by atoms with Crippen molar-refractivity contribution < 1.29 is 9.84 Å². The molecule has 1 heterocycles. The highest BCUT2D eigenvalue weighted by atomic mass is 16.5. The second-order valence-electron chi connectivity index (χ2n) is 6.33. The maximum absolute atomic E-state index is 9.73. The predicted octanol–water partition coefficient (Wildman–Crippen LogP) is 2.81. The number of hydrogen-bond donors (Lipinski definition) is 3. The molecule has 0 atom stereocenters. The quantitative estimate of drug-likeness (QED) is 0.751. The molecule has 1 aliphatic carbocycles. The Kier molecular flexibility index (Phi) is 5.28. The summed E-state index contributed by atoms with van der Waals surface area (Å²) in [6.07, 6.45) is 5.84. The van der Waals surface area contributed by atoms with Crippen molar-refractivity contribution in [3.05, 3.63) is 12.1 Å². The van der Waals surface area contributed by atoms with Gasteiger partial charge in [-0.2, -0.15) is 4.98 Å². The van der Waals surface area contributed by atoms with Crippen molar-refractivity contribution in [3.63, 3.8) is 0 Å². The van der Waals surface area contributed by atoms with Crippen molar-refractivity contribution in [1.82, 2.24) is 4.98 Å². The number of aliphatic hydroxyl groups excluding tert-OH is 1. The van der Waals surface area contributed by atoms with Crippen molar-refractivity contribution in [3.8, 4) is 5.88 Å². The number of hydrogen-bond acceptors (Lipinski definition) is 5. The lowest BCUT2D eigenvalue weighted by Crippen LogP contribution is -2.35. The Morgan fingerprint density at radius 2 is 2.05 bits per heavy atom. The van der Waals surface area contributed by atoms with Crippen LogP contribution in [0.5, 0.6) is 5.88 Å². The van der Waals surface area contributed by atoms with Crippen LogP contribution in [0.1, 0.15) is 46.0 Å². The van der Waals surface area contributed by atoms with Crippen LogP contribution in [0.25, 0.3) is 0 Å². The first-order valence-corrected chi connectivity index (χ1v) is 7.83. The standard InChI is InChI=1S/C16H27N3O2/c1-12(2)21-15-13(17)6-7-14(19-15)18-10-16(11-20)8-4-3-5-9-16/h6-7,12,20H,3-5,8-11,17H2,1-2H3,(H,18,19). The smallest absolute Gasteiger partial charge is 0.239 e. The zero-order valence-electron chi connectivity index (χ0n) is 13.1. The van der Waals surface area contributed by atoms with Crippen molar-refractivity contribution in [2.45, 2.75) is 52.1 Å². The third-order valence-corrected chi connectivity index (χ3v) is 4.13. The summed E-state index contributed by atoms with van der Waals surface area (Å²) in [6.45, 7) is 4.86. The number of aromatic nitrogens is 1. The second kappa shape index (κ2) is 6.98. The van der Waals surface area contributed by atoms with Gasteiger partial charge in [0.2, 0.25) is 5.88 Å². The molecule has 21 heavy (non-hydrogen) atoms. The number of rotatable bonds is 6. The highest BCUT2D eigenvalue weighted by Gasteiger charge is 2.31. The van der Waals surface area contributed by atoms with E-state index < -0.39 is 0 Å².